The fourth-order valence-corrected chi connectivity index (χ4v) is 4.64. The van der Waals surface area contributed by atoms with E-state index in [-0.39, 0.29) is 10.8 Å². The average Bonchev–Trinajstić information content (AvgIpc) is 3.20. The molecule has 3 rings (SSSR count). The number of carbonyl (C=O) groups excluding carboxylic acids is 1. The van der Waals surface area contributed by atoms with Crippen molar-refractivity contribution < 1.29 is 13.2 Å². The summed E-state index contributed by atoms with van der Waals surface area (Å²) < 4.78 is 27.9. The molecule has 2 aromatic rings. The van der Waals surface area contributed by atoms with Crippen LogP contribution in [0.25, 0.3) is 0 Å². The second-order valence-electron chi connectivity index (χ2n) is 7.55. The Hall–Kier alpha value is -2.38. The van der Waals surface area contributed by atoms with Gasteiger partial charge in [0.05, 0.1) is 10.6 Å². The summed E-state index contributed by atoms with van der Waals surface area (Å²) in [4.78, 5) is 15.2. The third kappa shape index (κ3) is 5.58. The number of nitrogens with one attached hydrogen (secondary N) is 2. The normalized spacial score (nSPS) is 14.7. The lowest BCUT2D eigenvalue weighted by molar-refractivity contribution is 0.0951. The molecule has 1 aliphatic heterocycles. The van der Waals surface area contributed by atoms with Crippen LogP contribution >= 0.6 is 0 Å². The van der Waals surface area contributed by atoms with Gasteiger partial charge >= 0.3 is 0 Å². The van der Waals surface area contributed by atoms with E-state index in [0.717, 1.165) is 31.6 Å². The van der Waals surface area contributed by atoms with Crippen LogP contribution in [0, 0.1) is 13.8 Å². The summed E-state index contributed by atoms with van der Waals surface area (Å²) >= 11 is 0. The van der Waals surface area contributed by atoms with Crippen molar-refractivity contribution in [2.75, 3.05) is 30.9 Å². The van der Waals surface area contributed by atoms with Crippen LogP contribution in [-0.4, -0.2) is 45.4 Å². The predicted octanol–water partition coefficient (Wildman–Crippen LogP) is 3.32. The summed E-state index contributed by atoms with van der Waals surface area (Å²) in [6.45, 7) is 7.56. The highest BCUT2D eigenvalue weighted by Crippen LogP contribution is 2.23. The molecule has 0 aliphatic carbocycles. The molecule has 0 aromatic heterocycles. The predicted molar refractivity (Wildman–Crippen MR) is 116 cm³/mol. The van der Waals surface area contributed by atoms with Gasteiger partial charge in [0.2, 0.25) is 0 Å². The number of rotatable bonds is 8. The molecule has 0 bridgehead atoms. The largest absolute Gasteiger partial charge is 0.352 e. The van der Waals surface area contributed by atoms with E-state index in [9.17, 15) is 13.2 Å². The number of amides is 1. The maximum absolute atomic E-state index is 12.7. The van der Waals surface area contributed by atoms with Crippen LogP contribution < -0.4 is 10.0 Å². The van der Waals surface area contributed by atoms with Crippen molar-refractivity contribution in [1.29, 1.82) is 0 Å². The Morgan fingerprint density at radius 3 is 2.41 bits per heavy atom. The number of sulfonamides is 1. The summed E-state index contributed by atoms with van der Waals surface area (Å²) in [5.41, 5.74) is 2.49. The lowest BCUT2D eigenvalue weighted by atomic mass is 10.1. The zero-order valence-electron chi connectivity index (χ0n) is 17.1. The molecule has 1 heterocycles. The molecule has 0 unspecified atom stereocenters. The van der Waals surface area contributed by atoms with Crippen molar-refractivity contribution >= 4 is 21.6 Å². The topological polar surface area (TPSA) is 78.5 Å². The van der Waals surface area contributed by atoms with Crippen molar-refractivity contribution in [3.8, 4) is 0 Å². The number of anilines is 1. The first-order valence-electron chi connectivity index (χ1n) is 10.1. The van der Waals surface area contributed by atoms with Crippen molar-refractivity contribution in [3.63, 3.8) is 0 Å². The molecule has 2 N–H and O–H groups in total. The lowest BCUT2D eigenvalue weighted by Crippen LogP contribution is -2.29. The monoisotopic (exact) mass is 415 g/mol. The number of hydrogen-bond donors (Lipinski definition) is 2. The molecule has 7 heteroatoms. The molecule has 0 radical (unpaired) electrons. The minimum absolute atomic E-state index is 0.180. The van der Waals surface area contributed by atoms with Crippen molar-refractivity contribution in [2.24, 2.45) is 0 Å². The zero-order valence-corrected chi connectivity index (χ0v) is 17.9. The maximum Gasteiger partial charge on any atom is 0.261 e. The molecule has 1 fully saturated rings. The lowest BCUT2D eigenvalue weighted by Gasteiger charge is -2.16. The summed E-state index contributed by atoms with van der Waals surface area (Å²) in [5.74, 6) is -0.180. The van der Waals surface area contributed by atoms with E-state index < -0.39 is 10.0 Å². The first-order valence-corrected chi connectivity index (χ1v) is 11.5. The molecule has 1 saturated heterocycles. The van der Waals surface area contributed by atoms with Gasteiger partial charge in [-0.15, -0.1) is 0 Å². The Morgan fingerprint density at radius 2 is 1.72 bits per heavy atom. The van der Waals surface area contributed by atoms with Gasteiger partial charge < -0.3 is 10.2 Å². The van der Waals surface area contributed by atoms with Crippen LogP contribution in [0.5, 0.6) is 0 Å². The Bertz CT molecular complexity index is 950. The van der Waals surface area contributed by atoms with E-state index in [1.807, 2.05) is 6.92 Å². The number of hydrogen-bond acceptors (Lipinski definition) is 4. The van der Waals surface area contributed by atoms with Gasteiger partial charge in [-0.25, -0.2) is 8.42 Å². The summed E-state index contributed by atoms with van der Waals surface area (Å²) in [7, 11) is -3.71. The number of carbonyl (C=O) groups is 1. The van der Waals surface area contributed by atoms with Crippen molar-refractivity contribution in [2.45, 2.75) is 38.0 Å². The van der Waals surface area contributed by atoms with E-state index in [2.05, 4.69) is 14.9 Å². The highest BCUT2D eigenvalue weighted by Gasteiger charge is 2.18. The van der Waals surface area contributed by atoms with Gasteiger partial charge in [-0.3, -0.25) is 9.52 Å². The second-order valence-corrected chi connectivity index (χ2v) is 9.24. The second kappa shape index (κ2) is 9.41. The van der Waals surface area contributed by atoms with E-state index in [1.165, 1.54) is 12.8 Å². The molecule has 156 valence electrons. The Kier molecular flexibility index (Phi) is 6.92. The van der Waals surface area contributed by atoms with Gasteiger partial charge in [-0.05, 0) is 82.6 Å². The number of nitrogens with zero attached hydrogens (tertiary/aromatic N) is 1. The van der Waals surface area contributed by atoms with Crippen LogP contribution in [0.4, 0.5) is 5.69 Å². The molecule has 0 spiro atoms. The number of likely N-dealkylation sites (tertiary alicyclic amines) is 1. The Balaban J connectivity index is 1.63. The van der Waals surface area contributed by atoms with Gasteiger partial charge in [-0.2, -0.15) is 0 Å². The molecule has 29 heavy (non-hydrogen) atoms. The van der Waals surface area contributed by atoms with Crippen LogP contribution in [0.3, 0.4) is 0 Å². The Morgan fingerprint density at radius 1 is 1.03 bits per heavy atom. The number of benzene rings is 2. The SMILES string of the molecule is Cc1ccc(S(=O)(=O)Nc2cccc(C(=O)NCCCN3CCCC3)c2C)cc1. The maximum atomic E-state index is 12.7. The fraction of sp³-hybridized carbons (Fsp3) is 0.409. The molecule has 1 aliphatic rings. The average molecular weight is 416 g/mol. The molecule has 0 atom stereocenters. The smallest absolute Gasteiger partial charge is 0.261 e. The van der Waals surface area contributed by atoms with Crippen molar-refractivity contribution in [1.82, 2.24) is 10.2 Å². The van der Waals surface area contributed by atoms with Gasteiger partial charge in [0.25, 0.3) is 15.9 Å². The standard InChI is InChI=1S/C22H29N3O3S/c1-17-9-11-19(12-10-17)29(27,28)24-21-8-5-7-20(18(21)2)22(26)23-13-6-16-25-14-3-4-15-25/h5,7-12,24H,3-4,6,13-16H2,1-2H3,(H,23,26). The van der Waals surface area contributed by atoms with Gasteiger partial charge in [-0.1, -0.05) is 23.8 Å². The number of aryl methyl sites for hydroxylation is 1. The fourth-order valence-electron chi connectivity index (χ4n) is 3.52. The first-order chi connectivity index (χ1) is 13.9. The van der Waals surface area contributed by atoms with E-state index in [0.29, 0.717) is 23.4 Å². The summed E-state index contributed by atoms with van der Waals surface area (Å²) in [6, 6.07) is 11.7. The van der Waals surface area contributed by atoms with Crippen LogP contribution in [0.15, 0.2) is 47.4 Å². The minimum atomic E-state index is -3.71. The van der Waals surface area contributed by atoms with E-state index in [4.69, 9.17) is 0 Å². The molecule has 1 amide bonds. The quantitative estimate of drug-likeness (QED) is 0.649. The Labute approximate surface area is 173 Å². The summed E-state index contributed by atoms with van der Waals surface area (Å²) in [6.07, 6.45) is 3.43. The van der Waals surface area contributed by atoms with E-state index in [1.54, 1.807) is 49.4 Å². The highest BCUT2D eigenvalue weighted by atomic mass is 32.2. The van der Waals surface area contributed by atoms with Gasteiger partial charge in [0, 0.05) is 12.1 Å². The molecule has 2 aromatic carbocycles. The van der Waals surface area contributed by atoms with Crippen LogP contribution in [0.1, 0.15) is 40.7 Å². The minimum Gasteiger partial charge on any atom is -0.352 e. The summed E-state index contributed by atoms with van der Waals surface area (Å²) in [5, 5.41) is 2.95. The van der Waals surface area contributed by atoms with Gasteiger partial charge in [0.1, 0.15) is 0 Å². The third-order valence-electron chi connectivity index (χ3n) is 5.29. The molecule has 0 saturated carbocycles. The molecular formula is C22H29N3O3S. The van der Waals surface area contributed by atoms with E-state index >= 15 is 0 Å². The highest BCUT2D eigenvalue weighted by molar-refractivity contribution is 7.92. The van der Waals surface area contributed by atoms with Crippen LogP contribution in [-0.2, 0) is 10.0 Å². The first kappa shape index (κ1) is 21.3. The zero-order chi connectivity index (χ0) is 20.9. The van der Waals surface area contributed by atoms with Crippen molar-refractivity contribution in [3.05, 3.63) is 59.2 Å². The van der Waals surface area contributed by atoms with Crippen LogP contribution in [0.2, 0.25) is 0 Å². The van der Waals surface area contributed by atoms with Gasteiger partial charge in [0.15, 0.2) is 0 Å². The molecular weight excluding hydrogens is 386 g/mol. The third-order valence-corrected chi connectivity index (χ3v) is 6.67. The molecule has 6 nitrogen and oxygen atoms in total.